The Morgan fingerprint density at radius 3 is 2.44 bits per heavy atom. The number of hydrogen-bond acceptors (Lipinski definition) is 6. The molecule has 7 heteroatoms. The van der Waals surface area contributed by atoms with E-state index >= 15 is 0 Å². The molecule has 0 atom stereocenters. The van der Waals surface area contributed by atoms with E-state index < -0.39 is 0 Å². The summed E-state index contributed by atoms with van der Waals surface area (Å²) in [4.78, 5) is 33.2. The molecular weight excluding hydrogens is 362 g/mol. The lowest BCUT2D eigenvalue weighted by atomic mass is 10.1. The number of hydrogen-bond donors (Lipinski definition) is 0. The van der Waals surface area contributed by atoms with E-state index in [1.54, 1.807) is 0 Å². The van der Waals surface area contributed by atoms with Gasteiger partial charge in [-0.15, -0.1) is 11.3 Å². The number of morpholine rings is 1. The maximum atomic E-state index is 13.2. The van der Waals surface area contributed by atoms with Crippen LogP contribution in [0.5, 0.6) is 0 Å². The highest BCUT2D eigenvalue weighted by atomic mass is 32.1. The van der Waals surface area contributed by atoms with Gasteiger partial charge in [-0.2, -0.15) is 0 Å². The molecule has 0 aromatic carbocycles. The number of piperidine rings is 1. The minimum absolute atomic E-state index is 0.104. The first-order valence-electron chi connectivity index (χ1n) is 9.95. The monoisotopic (exact) mass is 389 g/mol. The topological polar surface area (TPSA) is 53.1 Å². The van der Waals surface area contributed by atoms with Crippen molar-refractivity contribution in [3.8, 4) is 0 Å². The van der Waals surface area contributed by atoms with Crippen molar-refractivity contribution in [1.82, 2.24) is 14.7 Å². The van der Waals surface area contributed by atoms with Crippen molar-refractivity contribution in [3.05, 3.63) is 28.1 Å². The highest BCUT2D eigenvalue weighted by Gasteiger charge is 2.41. The van der Waals surface area contributed by atoms with Crippen LogP contribution in [-0.2, 0) is 14.3 Å². The van der Waals surface area contributed by atoms with Gasteiger partial charge in [-0.05, 0) is 37.1 Å². The SMILES string of the molecule is O=C1C(c2cccs2)=C(N2CCCCC2)C(=O)N1CCCN1CCOCC1. The fourth-order valence-corrected chi connectivity index (χ4v) is 4.86. The van der Waals surface area contributed by atoms with Crippen LogP contribution in [0, 0.1) is 0 Å². The third-order valence-electron chi connectivity index (χ3n) is 5.54. The Balaban J connectivity index is 1.48. The molecule has 3 aliphatic rings. The average molecular weight is 390 g/mol. The summed E-state index contributed by atoms with van der Waals surface area (Å²) in [7, 11) is 0. The van der Waals surface area contributed by atoms with Crippen LogP contribution in [0.15, 0.2) is 23.2 Å². The molecular formula is C20H27N3O3S. The van der Waals surface area contributed by atoms with Gasteiger partial charge in [-0.25, -0.2) is 0 Å². The number of thiophene rings is 1. The average Bonchev–Trinajstić information content (AvgIpc) is 3.31. The summed E-state index contributed by atoms with van der Waals surface area (Å²) in [5, 5.41) is 1.97. The van der Waals surface area contributed by atoms with Crippen molar-refractivity contribution in [1.29, 1.82) is 0 Å². The van der Waals surface area contributed by atoms with Crippen molar-refractivity contribution in [2.75, 3.05) is 52.5 Å². The number of imide groups is 1. The Hall–Kier alpha value is -1.70. The Kier molecular flexibility index (Phi) is 5.90. The summed E-state index contributed by atoms with van der Waals surface area (Å²) in [6.45, 7) is 6.51. The van der Waals surface area contributed by atoms with Crippen LogP contribution in [-0.4, -0.2) is 79.0 Å². The van der Waals surface area contributed by atoms with E-state index in [4.69, 9.17) is 4.74 Å². The Labute approximate surface area is 164 Å². The Morgan fingerprint density at radius 2 is 1.74 bits per heavy atom. The Bertz CT molecular complexity index is 704. The second-order valence-corrected chi connectivity index (χ2v) is 8.27. The van der Waals surface area contributed by atoms with Gasteiger partial charge in [0.15, 0.2) is 0 Å². The number of amides is 2. The molecule has 0 spiro atoms. The number of rotatable bonds is 6. The molecule has 3 aliphatic heterocycles. The molecule has 1 aromatic rings. The maximum Gasteiger partial charge on any atom is 0.277 e. The summed E-state index contributed by atoms with van der Waals surface area (Å²) in [5.74, 6) is -0.225. The molecule has 2 amide bonds. The van der Waals surface area contributed by atoms with Gasteiger partial charge in [0, 0.05) is 44.1 Å². The second kappa shape index (κ2) is 8.54. The molecule has 0 saturated carbocycles. The van der Waals surface area contributed by atoms with E-state index in [2.05, 4.69) is 9.80 Å². The smallest absolute Gasteiger partial charge is 0.277 e. The molecule has 4 heterocycles. The number of carbonyl (C=O) groups excluding carboxylic acids is 2. The largest absolute Gasteiger partial charge is 0.379 e. The molecule has 4 rings (SSSR count). The predicted octanol–water partition coefficient (Wildman–Crippen LogP) is 2.04. The summed E-state index contributed by atoms with van der Waals surface area (Å²) in [5.41, 5.74) is 1.25. The van der Waals surface area contributed by atoms with Crippen LogP contribution in [0.4, 0.5) is 0 Å². The highest BCUT2D eigenvalue weighted by Crippen LogP contribution is 2.35. The predicted molar refractivity (Wildman–Crippen MR) is 105 cm³/mol. The molecule has 0 radical (unpaired) electrons. The zero-order chi connectivity index (χ0) is 18.6. The van der Waals surface area contributed by atoms with E-state index in [9.17, 15) is 9.59 Å². The highest BCUT2D eigenvalue weighted by molar-refractivity contribution is 7.11. The van der Waals surface area contributed by atoms with E-state index in [1.807, 2.05) is 17.5 Å². The first kappa shape index (κ1) is 18.7. The number of nitrogens with zero attached hydrogens (tertiary/aromatic N) is 3. The van der Waals surface area contributed by atoms with Gasteiger partial charge in [0.25, 0.3) is 11.8 Å². The van der Waals surface area contributed by atoms with Crippen LogP contribution in [0.1, 0.15) is 30.6 Å². The van der Waals surface area contributed by atoms with Gasteiger partial charge in [-0.1, -0.05) is 6.07 Å². The lowest BCUT2D eigenvalue weighted by molar-refractivity contribution is -0.137. The van der Waals surface area contributed by atoms with E-state index in [0.29, 0.717) is 17.8 Å². The minimum Gasteiger partial charge on any atom is -0.379 e. The molecule has 146 valence electrons. The molecule has 27 heavy (non-hydrogen) atoms. The molecule has 1 aromatic heterocycles. The second-order valence-electron chi connectivity index (χ2n) is 7.32. The fraction of sp³-hybridized carbons (Fsp3) is 0.600. The zero-order valence-electron chi connectivity index (χ0n) is 15.7. The molecule has 0 N–H and O–H groups in total. The molecule has 2 fully saturated rings. The normalized spacial score (nSPS) is 22.2. The molecule has 6 nitrogen and oxygen atoms in total. The zero-order valence-corrected chi connectivity index (χ0v) is 16.5. The van der Waals surface area contributed by atoms with E-state index in [-0.39, 0.29) is 11.8 Å². The van der Waals surface area contributed by atoms with Crippen LogP contribution in [0.2, 0.25) is 0 Å². The molecule has 2 saturated heterocycles. The summed E-state index contributed by atoms with van der Waals surface area (Å²) in [6, 6.07) is 3.89. The van der Waals surface area contributed by atoms with Gasteiger partial charge >= 0.3 is 0 Å². The fourth-order valence-electron chi connectivity index (χ4n) is 4.10. The number of ether oxygens (including phenoxy) is 1. The molecule has 0 unspecified atom stereocenters. The van der Waals surface area contributed by atoms with Crippen LogP contribution in [0.25, 0.3) is 5.57 Å². The van der Waals surface area contributed by atoms with Crippen molar-refractivity contribution < 1.29 is 14.3 Å². The van der Waals surface area contributed by atoms with Crippen molar-refractivity contribution >= 4 is 28.7 Å². The maximum absolute atomic E-state index is 13.2. The first-order chi connectivity index (χ1) is 13.3. The summed E-state index contributed by atoms with van der Waals surface area (Å²) < 4.78 is 5.38. The van der Waals surface area contributed by atoms with Gasteiger partial charge in [0.2, 0.25) is 0 Å². The summed E-state index contributed by atoms with van der Waals surface area (Å²) in [6.07, 6.45) is 4.17. The van der Waals surface area contributed by atoms with Crippen molar-refractivity contribution in [2.45, 2.75) is 25.7 Å². The minimum atomic E-state index is -0.120. The van der Waals surface area contributed by atoms with Crippen molar-refractivity contribution in [2.24, 2.45) is 0 Å². The Morgan fingerprint density at radius 1 is 0.963 bits per heavy atom. The van der Waals surface area contributed by atoms with Crippen LogP contribution >= 0.6 is 11.3 Å². The van der Waals surface area contributed by atoms with Gasteiger partial charge in [0.1, 0.15) is 5.70 Å². The lowest BCUT2D eigenvalue weighted by Gasteiger charge is -2.30. The first-order valence-corrected chi connectivity index (χ1v) is 10.8. The number of likely N-dealkylation sites (tertiary alicyclic amines) is 1. The molecule has 0 bridgehead atoms. The standard InChI is InChI=1S/C20H27N3O3S/c24-19-17(16-6-4-15-27-16)18(22-8-2-1-3-9-22)20(25)23(19)10-5-7-21-11-13-26-14-12-21/h4,6,15H,1-3,5,7-14H2. The molecule has 0 aliphatic carbocycles. The third-order valence-corrected chi connectivity index (χ3v) is 6.43. The van der Waals surface area contributed by atoms with Gasteiger partial charge in [0.05, 0.1) is 18.8 Å². The third kappa shape index (κ3) is 3.95. The van der Waals surface area contributed by atoms with E-state index in [0.717, 1.165) is 70.1 Å². The summed E-state index contributed by atoms with van der Waals surface area (Å²) >= 11 is 1.54. The van der Waals surface area contributed by atoms with Gasteiger partial charge in [-0.3, -0.25) is 19.4 Å². The number of carbonyl (C=O) groups is 2. The van der Waals surface area contributed by atoms with Crippen LogP contribution in [0.3, 0.4) is 0 Å². The lowest BCUT2D eigenvalue weighted by Crippen LogP contribution is -2.40. The van der Waals surface area contributed by atoms with Crippen molar-refractivity contribution in [3.63, 3.8) is 0 Å². The quantitative estimate of drug-likeness (QED) is 0.697. The van der Waals surface area contributed by atoms with Crippen LogP contribution < -0.4 is 0 Å². The van der Waals surface area contributed by atoms with E-state index in [1.165, 1.54) is 22.7 Å². The van der Waals surface area contributed by atoms with Gasteiger partial charge < -0.3 is 9.64 Å².